The molecule has 6 heteroatoms. The van der Waals surface area contributed by atoms with Crippen LogP contribution in [0.25, 0.3) is 0 Å². The van der Waals surface area contributed by atoms with Gasteiger partial charge in [-0.1, -0.05) is 6.07 Å². The van der Waals surface area contributed by atoms with Crippen LogP contribution in [0.5, 0.6) is 0 Å². The summed E-state index contributed by atoms with van der Waals surface area (Å²) < 4.78 is 27.5. The lowest BCUT2D eigenvalue weighted by molar-refractivity contribution is 0.211. The molecule has 1 aliphatic rings. The zero-order valence-corrected chi connectivity index (χ0v) is 13.6. The quantitative estimate of drug-likeness (QED) is 0.853. The number of hydrogen-bond donors (Lipinski definition) is 2. The van der Waals surface area contributed by atoms with E-state index in [4.69, 9.17) is 5.73 Å². The SMILES string of the molecule is Cc1ccc(S(=O)(=O)NCC2CCCN(C)C2)cc1CN. The van der Waals surface area contributed by atoms with Crippen molar-refractivity contribution < 1.29 is 8.42 Å². The highest BCUT2D eigenvalue weighted by atomic mass is 32.2. The van der Waals surface area contributed by atoms with Gasteiger partial charge in [0.1, 0.15) is 0 Å². The first kappa shape index (κ1) is 16.4. The van der Waals surface area contributed by atoms with Gasteiger partial charge in [0.15, 0.2) is 0 Å². The van der Waals surface area contributed by atoms with E-state index in [1.165, 1.54) is 0 Å². The highest BCUT2D eigenvalue weighted by molar-refractivity contribution is 7.89. The molecule has 0 radical (unpaired) electrons. The lowest BCUT2D eigenvalue weighted by Crippen LogP contribution is -2.39. The third-order valence-corrected chi connectivity index (χ3v) is 5.56. The minimum Gasteiger partial charge on any atom is -0.326 e. The standard InChI is InChI=1S/C15H25N3O2S/c1-12-5-6-15(8-14(12)9-16)21(19,20)17-10-13-4-3-7-18(2)11-13/h5-6,8,13,17H,3-4,7,9-11,16H2,1-2H3. The van der Waals surface area contributed by atoms with E-state index in [0.29, 0.717) is 23.9 Å². The fourth-order valence-corrected chi connectivity index (χ4v) is 3.95. The van der Waals surface area contributed by atoms with Crippen LogP contribution in [0.3, 0.4) is 0 Å². The molecule has 0 amide bonds. The first-order valence-electron chi connectivity index (χ1n) is 7.40. The normalized spacial score (nSPS) is 20.6. The summed E-state index contributed by atoms with van der Waals surface area (Å²) in [4.78, 5) is 2.55. The Bertz CT molecular complexity index is 587. The zero-order chi connectivity index (χ0) is 15.5. The van der Waals surface area contributed by atoms with Crippen molar-refractivity contribution in [2.24, 2.45) is 11.7 Å². The van der Waals surface area contributed by atoms with Crippen LogP contribution in [0.4, 0.5) is 0 Å². The van der Waals surface area contributed by atoms with Crippen LogP contribution in [0.2, 0.25) is 0 Å². The van der Waals surface area contributed by atoms with Crippen molar-refractivity contribution in [2.75, 3.05) is 26.7 Å². The summed E-state index contributed by atoms with van der Waals surface area (Å²) in [5.41, 5.74) is 7.54. The lowest BCUT2D eigenvalue weighted by Gasteiger charge is -2.29. The molecule has 1 saturated heterocycles. The molecule has 1 fully saturated rings. The van der Waals surface area contributed by atoms with Gasteiger partial charge in [-0.05, 0) is 62.5 Å². The highest BCUT2D eigenvalue weighted by Crippen LogP contribution is 2.17. The van der Waals surface area contributed by atoms with Crippen LogP contribution in [0.15, 0.2) is 23.1 Å². The summed E-state index contributed by atoms with van der Waals surface area (Å²) >= 11 is 0. The van der Waals surface area contributed by atoms with Gasteiger partial charge in [-0.25, -0.2) is 13.1 Å². The van der Waals surface area contributed by atoms with E-state index >= 15 is 0 Å². The van der Waals surface area contributed by atoms with Crippen molar-refractivity contribution in [1.29, 1.82) is 0 Å². The van der Waals surface area contributed by atoms with Crippen molar-refractivity contribution in [3.63, 3.8) is 0 Å². The number of hydrogen-bond acceptors (Lipinski definition) is 4. The Labute approximate surface area is 127 Å². The van der Waals surface area contributed by atoms with E-state index in [-0.39, 0.29) is 0 Å². The maximum Gasteiger partial charge on any atom is 0.240 e. The molecule has 1 unspecified atom stereocenters. The fourth-order valence-electron chi connectivity index (χ4n) is 2.79. The average molecular weight is 311 g/mol. The van der Waals surface area contributed by atoms with Crippen molar-refractivity contribution in [3.8, 4) is 0 Å². The molecule has 1 aromatic carbocycles. The fraction of sp³-hybridized carbons (Fsp3) is 0.600. The second kappa shape index (κ2) is 6.87. The van der Waals surface area contributed by atoms with Crippen LogP contribution in [0.1, 0.15) is 24.0 Å². The largest absolute Gasteiger partial charge is 0.326 e. The molecule has 0 saturated carbocycles. The minimum atomic E-state index is -3.45. The van der Waals surface area contributed by atoms with Crippen molar-refractivity contribution >= 4 is 10.0 Å². The topological polar surface area (TPSA) is 75.4 Å². The number of nitrogens with zero attached hydrogens (tertiary/aromatic N) is 1. The minimum absolute atomic E-state index is 0.303. The predicted molar refractivity (Wildman–Crippen MR) is 84.5 cm³/mol. The monoisotopic (exact) mass is 311 g/mol. The van der Waals surface area contributed by atoms with Crippen molar-refractivity contribution in [1.82, 2.24) is 9.62 Å². The molecule has 1 aliphatic heterocycles. The first-order valence-corrected chi connectivity index (χ1v) is 8.88. The zero-order valence-electron chi connectivity index (χ0n) is 12.8. The Morgan fingerprint density at radius 1 is 1.43 bits per heavy atom. The maximum atomic E-state index is 12.4. The van der Waals surface area contributed by atoms with Crippen LogP contribution < -0.4 is 10.5 Å². The molecule has 3 N–H and O–H groups in total. The summed E-state index contributed by atoms with van der Waals surface area (Å²) in [6.07, 6.45) is 2.21. The van der Waals surface area contributed by atoms with Gasteiger partial charge in [-0.3, -0.25) is 0 Å². The molecule has 21 heavy (non-hydrogen) atoms. The van der Waals surface area contributed by atoms with Gasteiger partial charge in [0.25, 0.3) is 0 Å². The summed E-state index contributed by atoms with van der Waals surface area (Å²) in [7, 11) is -1.37. The van der Waals surface area contributed by atoms with Gasteiger partial charge in [0.05, 0.1) is 4.90 Å². The molecule has 0 bridgehead atoms. The van der Waals surface area contributed by atoms with E-state index in [1.54, 1.807) is 12.1 Å². The Hall–Kier alpha value is -0.950. The third-order valence-electron chi connectivity index (χ3n) is 4.13. The molecular weight excluding hydrogens is 286 g/mol. The molecule has 1 heterocycles. The molecule has 2 rings (SSSR count). The summed E-state index contributed by atoms with van der Waals surface area (Å²) in [5.74, 6) is 0.387. The summed E-state index contributed by atoms with van der Waals surface area (Å²) in [6.45, 7) is 4.83. The highest BCUT2D eigenvalue weighted by Gasteiger charge is 2.21. The van der Waals surface area contributed by atoms with Gasteiger partial charge < -0.3 is 10.6 Å². The van der Waals surface area contributed by atoms with E-state index < -0.39 is 10.0 Å². The number of piperidine rings is 1. The van der Waals surface area contributed by atoms with Gasteiger partial charge >= 0.3 is 0 Å². The van der Waals surface area contributed by atoms with E-state index in [1.807, 2.05) is 13.0 Å². The number of nitrogens with one attached hydrogen (secondary N) is 1. The Morgan fingerprint density at radius 3 is 2.86 bits per heavy atom. The Kier molecular flexibility index (Phi) is 5.37. The molecule has 0 aromatic heterocycles. The van der Waals surface area contributed by atoms with Crippen molar-refractivity contribution in [3.05, 3.63) is 29.3 Å². The van der Waals surface area contributed by atoms with Crippen LogP contribution in [0, 0.1) is 12.8 Å². The first-order chi connectivity index (χ1) is 9.92. The Morgan fingerprint density at radius 2 is 2.19 bits per heavy atom. The van der Waals surface area contributed by atoms with Crippen LogP contribution in [-0.4, -0.2) is 40.0 Å². The van der Waals surface area contributed by atoms with Gasteiger partial charge in [-0.2, -0.15) is 0 Å². The molecule has 118 valence electrons. The van der Waals surface area contributed by atoms with Crippen LogP contribution in [-0.2, 0) is 16.6 Å². The molecule has 5 nitrogen and oxygen atoms in total. The van der Waals surface area contributed by atoms with Crippen molar-refractivity contribution in [2.45, 2.75) is 31.2 Å². The smallest absolute Gasteiger partial charge is 0.240 e. The summed E-state index contributed by atoms with van der Waals surface area (Å²) in [6, 6.07) is 5.12. The van der Waals surface area contributed by atoms with Gasteiger partial charge in [-0.15, -0.1) is 0 Å². The number of aryl methyl sites for hydroxylation is 1. The molecule has 1 atom stereocenters. The molecular formula is C15H25N3O2S. The van der Waals surface area contributed by atoms with E-state index in [9.17, 15) is 8.42 Å². The van der Waals surface area contributed by atoms with E-state index in [2.05, 4.69) is 16.7 Å². The molecule has 0 aliphatic carbocycles. The number of likely N-dealkylation sites (tertiary alicyclic amines) is 1. The molecule has 0 spiro atoms. The Balaban J connectivity index is 2.04. The summed E-state index contributed by atoms with van der Waals surface area (Å²) in [5, 5.41) is 0. The van der Waals surface area contributed by atoms with Crippen LogP contribution >= 0.6 is 0 Å². The number of sulfonamides is 1. The predicted octanol–water partition coefficient (Wildman–Crippen LogP) is 1.07. The second-order valence-electron chi connectivity index (χ2n) is 5.91. The number of benzene rings is 1. The maximum absolute atomic E-state index is 12.4. The van der Waals surface area contributed by atoms with Gasteiger partial charge in [0.2, 0.25) is 10.0 Å². The van der Waals surface area contributed by atoms with E-state index in [0.717, 1.165) is 37.1 Å². The molecule has 1 aromatic rings. The lowest BCUT2D eigenvalue weighted by atomic mass is 9.99. The number of nitrogens with two attached hydrogens (primary N) is 1. The number of rotatable bonds is 5. The second-order valence-corrected chi connectivity index (χ2v) is 7.68. The van der Waals surface area contributed by atoms with Gasteiger partial charge in [0, 0.05) is 19.6 Å². The third kappa shape index (κ3) is 4.26. The average Bonchev–Trinajstić information content (AvgIpc) is 2.46.